The van der Waals surface area contributed by atoms with E-state index < -0.39 is 0 Å². The summed E-state index contributed by atoms with van der Waals surface area (Å²) >= 11 is 0. The predicted octanol–water partition coefficient (Wildman–Crippen LogP) is 4.29. The lowest BCUT2D eigenvalue weighted by atomic mass is 10.1. The van der Waals surface area contributed by atoms with Gasteiger partial charge in [-0.1, -0.05) is 60.7 Å². The Morgan fingerprint density at radius 1 is 0.613 bits per heavy atom. The van der Waals surface area contributed by atoms with Crippen molar-refractivity contribution in [2.75, 3.05) is 67.5 Å². The van der Waals surface area contributed by atoms with Crippen LogP contribution >= 0.6 is 0 Å². The molecule has 0 atom stereocenters. The molecule has 171 valence electrons. The van der Waals surface area contributed by atoms with E-state index in [4.69, 9.17) is 5.73 Å². The first-order chi connectivity index (χ1) is 14.8. The van der Waals surface area contributed by atoms with Gasteiger partial charge in [0.25, 0.3) is 0 Å². The van der Waals surface area contributed by atoms with Gasteiger partial charge in [-0.2, -0.15) is 0 Å². The average molecular weight is 426 g/mol. The molecule has 31 heavy (non-hydrogen) atoms. The SMILES string of the molecule is C[N+](C)(CCC[NH])CCC[N+](C)(C)CCCN(Cc1ccccc1)Cc1ccccc1. The van der Waals surface area contributed by atoms with Crippen LogP contribution in [0.1, 0.15) is 30.4 Å². The molecule has 0 amide bonds. The first kappa shape index (κ1) is 25.5. The summed E-state index contributed by atoms with van der Waals surface area (Å²) in [6.45, 7) is 8.43. The molecule has 0 aromatic heterocycles. The minimum Gasteiger partial charge on any atom is -0.328 e. The van der Waals surface area contributed by atoms with Gasteiger partial charge in [0.05, 0.1) is 54.4 Å². The quantitative estimate of drug-likeness (QED) is 0.391. The zero-order valence-corrected chi connectivity index (χ0v) is 20.4. The van der Waals surface area contributed by atoms with Crippen molar-refractivity contribution < 1.29 is 8.97 Å². The van der Waals surface area contributed by atoms with Gasteiger partial charge >= 0.3 is 0 Å². The van der Waals surface area contributed by atoms with Crippen LogP contribution in [0.3, 0.4) is 0 Å². The third-order valence-electron chi connectivity index (χ3n) is 6.20. The Labute approximate surface area is 191 Å². The molecule has 4 nitrogen and oxygen atoms in total. The maximum absolute atomic E-state index is 7.39. The van der Waals surface area contributed by atoms with Gasteiger partial charge in [0, 0.05) is 45.4 Å². The normalized spacial score (nSPS) is 12.5. The van der Waals surface area contributed by atoms with Gasteiger partial charge < -0.3 is 8.97 Å². The van der Waals surface area contributed by atoms with Gasteiger partial charge in [-0.25, -0.2) is 0 Å². The highest BCUT2D eigenvalue weighted by molar-refractivity contribution is 5.17. The summed E-state index contributed by atoms with van der Waals surface area (Å²) in [5.74, 6) is 0. The second kappa shape index (κ2) is 13.0. The van der Waals surface area contributed by atoms with E-state index in [0.29, 0.717) is 6.54 Å². The highest BCUT2D eigenvalue weighted by Crippen LogP contribution is 2.12. The van der Waals surface area contributed by atoms with Crippen molar-refractivity contribution in [1.82, 2.24) is 10.6 Å². The van der Waals surface area contributed by atoms with Crippen molar-refractivity contribution in [3.05, 3.63) is 71.8 Å². The molecule has 0 saturated heterocycles. The zero-order valence-electron chi connectivity index (χ0n) is 20.4. The Balaban J connectivity index is 1.82. The van der Waals surface area contributed by atoms with Gasteiger partial charge in [-0.3, -0.25) is 10.6 Å². The average Bonchev–Trinajstić information content (AvgIpc) is 2.73. The number of benzene rings is 2. The standard InChI is InChI=1S/C27H45N4/c1-30(2,20-11-18-28)22-13-23-31(3,4)21-12-19-29(24-26-14-7-5-8-15-26)25-27-16-9-6-10-17-27/h5-10,14-17,28H,11-13,18-25H2,1-4H3/q+2. The fourth-order valence-corrected chi connectivity index (χ4v) is 4.28. The predicted molar refractivity (Wildman–Crippen MR) is 132 cm³/mol. The summed E-state index contributed by atoms with van der Waals surface area (Å²) in [5, 5.41) is 0. The van der Waals surface area contributed by atoms with Crippen LogP contribution in [0, 0.1) is 0 Å². The molecule has 1 radical (unpaired) electrons. The van der Waals surface area contributed by atoms with Crippen LogP contribution < -0.4 is 5.73 Å². The minimum atomic E-state index is 0.547. The molecule has 0 spiro atoms. The second-order valence-corrected chi connectivity index (χ2v) is 10.3. The molecular weight excluding hydrogens is 380 g/mol. The third-order valence-corrected chi connectivity index (χ3v) is 6.20. The summed E-state index contributed by atoms with van der Waals surface area (Å²) < 4.78 is 2.13. The number of hydrogen-bond donors (Lipinski definition) is 0. The first-order valence-electron chi connectivity index (χ1n) is 11.9. The van der Waals surface area contributed by atoms with Crippen molar-refractivity contribution in [3.8, 4) is 0 Å². The molecular formula is C27H45N4+2. The highest BCUT2D eigenvalue weighted by atomic mass is 15.3. The summed E-state index contributed by atoms with van der Waals surface area (Å²) in [5.41, 5.74) is 10.2. The maximum atomic E-state index is 7.39. The lowest BCUT2D eigenvalue weighted by Gasteiger charge is -2.34. The largest absolute Gasteiger partial charge is 0.328 e. The van der Waals surface area contributed by atoms with E-state index in [9.17, 15) is 0 Å². The molecule has 0 heterocycles. The summed E-state index contributed by atoms with van der Waals surface area (Å²) in [7, 11) is 9.37. The molecule has 0 bridgehead atoms. The molecule has 4 heteroatoms. The third kappa shape index (κ3) is 10.9. The monoisotopic (exact) mass is 425 g/mol. The van der Waals surface area contributed by atoms with Crippen LogP contribution in [-0.4, -0.2) is 81.3 Å². The van der Waals surface area contributed by atoms with Gasteiger partial charge in [0.15, 0.2) is 0 Å². The van der Waals surface area contributed by atoms with Crippen LogP contribution in [0.25, 0.3) is 0 Å². The van der Waals surface area contributed by atoms with Crippen molar-refractivity contribution >= 4 is 0 Å². The number of hydrogen-bond acceptors (Lipinski definition) is 1. The van der Waals surface area contributed by atoms with Gasteiger partial charge in [-0.05, 0) is 11.1 Å². The molecule has 0 aliphatic rings. The summed E-state index contributed by atoms with van der Waals surface area (Å²) in [6.07, 6.45) is 3.46. The van der Waals surface area contributed by atoms with Crippen LogP contribution in [0.15, 0.2) is 60.7 Å². The van der Waals surface area contributed by atoms with Crippen molar-refractivity contribution in [3.63, 3.8) is 0 Å². The Hall–Kier alpha value is -1.72. The molecule has 1 N–H and O–H groups in total. The smallest absolute Gasteiger partial charge is 0.0836 e. The Morgan fingerprint density at radius 2 is 1.03 bits per heavy atom. The first-order valence-corrected chi connectivity index (χ1v) is 11.9. The van der Waals surface area contributed by atoms with Crippen LogP contribution in [-0.2, 0) is 13.1 Å². The minimum absolute atomic E-state index is 0.547. The van der Waals surface area contributed by atoms with Crippen LogP contribution in [0.5, 0.6) is 0 Å². The molecule has 0 aliphatic heterocycles. The molecule has 0 saturated carbocycles. The van der Waals surface area contributed by atoms with Crippen molar-refractivity contribution in [2.45, 2.75) is 32.4 Å². The van der Waals surface area contributed by atoms with E-state index >= 15 is 0 Å². The van der Waals surface area contributed by atoms with E-state index in [1.807, 2.05) is 0 Å². The number of quaternary nitrogens is 2. The number of rotatable bonds is 15. The highest BCUT2D eigenvalue weighted by Gasteiger charge is 2.20. The number of nitrogens with one attached hydrogen (secondary N) is 1. The zero-order chi connectivity index (χ0) is 22.6. The lowest BCUT2D eigenvalue weighted by Crippen LogP contribution is -2.46. The summed E-state index contributed by atoms with van der Waals surface area (Å²) in [6, 6.07) is 21.7. The summed E-state index contributed by atoms with van der Waals surface area (Å²) in [4.78, 5) is 2.59. The van der Waals surface area contributed by atoms with E-state index in [0.717, 1.165) is 41.6 Å². The second-order valence-electron chi connectivity index (χ2n) is 10.3. The van der Waals surface area contributed by atoms with E-state index in [-0.39, 0.29) is 0 Å². The van der Waals surface area contributed by atoms with Gasteiger partial charge in [0.2, 0.25) is 0 Å². The van der Waals surface area contributed by atoms with Gasteiger partial charge in [0.1, 0.15) is 0 Å². The lowest BCUT2D eigenvalue weighted by molar-refractivity contribution is -0.909. The van der Waals surface area contributed by atoms with Crippen molar-refractivity contribution in [1.29, 1.82) is 0 Å². The number of nitrogens with zero attached hydrogens (tertiary/aromatic N) is 3. The molecule has 2 aromatic rings. The fraction of sp³-hybridized carbons (Fsp3) is 0.556. The Kier molecular flexibility index (Phi) is 10.7. The maximum Gasteiger partial charge on any atom is 0.0836 e. The Morgan fingerprint density at radius 3 is 1.48 bits per heavy atom. The fourth-order valence-electron chi connectivity index (χ4n) is 4.28. The molecule has 2 rings (SSSR count). The van der Waals surface area contributed by atoms with E-state index in [1.54, 1.807) is 0 Å². The molecule has 0 unspecified atom stereocenters. The molecule has 0 aliphatic carbocycles. The topological polar surface area (TPSA) is 27.0 Å². The van der Waals surface area contributed by atoms with E-state index in [1.165, 1.54) is 43.6 Å². The van der Waals surface area contributed by atoms with Crippen LogP contribution in [0.4, 0.5) is 0 Å². The van der Waals surface area contributed by atoms with Crippen molar-refractivity contribution in [2.24, 2.45) is 0 Å². The van der Waals surface area contributed by atoms with Crippen LogP contribution in [0.2, 0.25) is 0 Å². The van der Waals surface area contributed by atoms with E-state index in [2.05, 4.69) is 93.8 Å². The molecule has 2 aromatic carbocycles. The van der Waals surface area contributed by atoms with Gasteiger partial charge in [-0.15, -0.1) is 0 Å². The molecule has 0 fully saturated rings. The Bertz CT molecular complexity index is 671.